The van der Waals surface area contributed by atoms with E-state index in [9.17, 15) is 8.78 Å². The molecule has 0 spiro atoms. The van der Waals surface area contributed by atoms with Crippen molar-refractivity contribution >= 4 is 23.2 Å². The quantitative estimate of drug-likeness (QED) is 0.701. The monoisotopic (exact) mass is 225 g/mol. The van der Waals surface area contributed by atoms with Crippen LogP contribution in [0.25, 0.3) is 0 Å². The van der Waals surface area contributed by atoms with Crippen molar-refractivity contribution in [3.63, 3.8) is 0 Å². The molecule has 0 N–H and O–H groups in total. The lowest BCUT2D eigenvalue weighted by molar-refractivity contribution is 0.0899. The van der Waals surface area contributed by atoms with Crippen LogP contribution in [-0.4, -0.2) is 4.98 Å². The Morgan fingerprint density at radius 2 is 2.08 bits per heavy atom. The zero-order valence-electron chi connectivity index (χ0n) is 6.77. The molecule has 0 aromatic carbocycles. The number of nitrogens with zero attached hydrogens (tertiary/aromatic N) is 1. The van der Waals surface area contributed by atoms with Crippen molar-refractivity contribution in [2.45, 2.75) is 17.7 Å². The molecular weight excluding hydrogens is 219 g/mol. The maximum Gasteiger partial charge on any atom is 0.364 e. The summed E-state index contributed by atoms with van der Waals surface area (Å²) in [6.07, 6.45) is 1.29. The van der Waals surface area contributed by atoms with Gasteiger partial charge in [-0.2, -0.15) is 8.78 Å². The van der Waals surface area contributed by atoms with Gasteiger partial charge in [-0.3, -0.25) is 4.98 Å². The normalized spacial score (nSPS) is 14.2. The first-order chi connectivity index (χ1) is 5.91. The maximum atomic E-state index is 12.5. The second-order valence-electron chi connectivity index (χ2n) is 2.59. The lowest BCUT2D eigenvalue weighted by atomic mass is 10.2. The summed E-state index contributed by atoms with van der Waals surface area (Å²) >= 11 is 10.5. The van der Waals surface area contributed by atoms with Gasteiger partial charge in [-0.05, 0) is 30.2 Å². The summed E-state index contributed by atoms with van der Waals surface area (Å²) in [5.74, 6) is 0. The molecule has 0 aliphatic carbocycles. The number of halogens is 4. The third-order valence-electron chi connectivity index (χ3n) is 1.54. The van der Waals surface area contributed by atoms with Crippen LogP contribution in [0.4, 0.5) is 8.78 Å². The average molecular weight is 226 g/mol. The largest absolute Gasteiger partial charge is 0.364 e. The van der Waals surface area contributed by atoms with Crippen LogP contribution in [0.2, 0.25) is 0 Å². The fraction of sp³-hybridized carbons (Fsp3) is 0.375. The van der Waals surface area contributed by atoms with E-state index in [2.05, 4.69) is 4.98 Å². The molecular formula is C8H7Cl2F2N. The molecule has 0 amide bonds. The molecule has 0 aliphatic rings. The predicted octanol–water partition coefficient (Wildman–Crippen LogP) is 3.67. The van der Waals surface area contributed by atoms with Gasteiger partial charge >= 0.3 is 5.38 Å². The number of rotatable bonds is 2. The molecule has 0 unspecified atom stereocenters. The second-order valence-corrected chi connectivity index (χ2v) is 3.72. The Morgan fingerprint density at radius 3 is 2.38 bits per heavy atom. The van der Waals surface area contributed by atoms with Crippen LogP contribution < -0.4 is 0 Å². The van der Waals surface area contributed by atoms with Crippen LogP contribution in [0.5, 0.6) is 0 Å². The van der Waals surface area contributed by atoms with E-state index in [0.717, 1.165) is 0 Å². The Kier molecular flexibility index (Phi) is 3.09. The summed E-state index contributed by atoms with van der Waals surface area (Å²) in [7, 11) is 0. The van der Waals surface area contributed by atoms with Crippen molar-refractivity contribution in [1.82, 2.24) is 4.98 Å². The molecule has 1 atom stereocenters. The van der Waals surface area contributed by atoms with Gasteiger partial charge in [0.15, 0.2) is 0 Å². The first-order valence-electron chi connectivity index (χ1n) is 3.58. The fourth-order valence-corrected chi connectivity index (χ4v) is 1.05. The Hall–Kier alpha value is -0.410. The zero-order chi connectivity index (χ0) is 10.1. The first-order valence-corrected chi connectivity index (χ1v) is 4.40. The van der Waals surface area contributed by atoms with E-state index in [4.69, 9.17) is 23.2 Å². The molecule has 1 aromatic rings. The summed E-state index contributed by atoms with van der Waals surface area (Å²) in [5.41, 5.74) is 0.224. The minimum atomic E-state index is -3.41. The van der Waals surface area contributed by atoms with Gasteiger partial charge in [0, 0.05) is 6.20 Å². The van der Waals surface area contributed by atoms with E-state index >= 15 is 0 Å². The standard InChI is InChI=1S/C8H7Cl2F2N/c1-5(9)6-2-3-7(13-4-6)8(10,11)12/h2-5H,1H3/t5-/m1/s1. The highest BCUT2D eigenvalue weighted by Crippen LogP contribution is 2.31. The SMILES string of the molecule is C[C@@H](Cl)c1ccc(C(F)(F)Cl)nc1. The van der Waals surface area contributed by atoms with E-state index in [0.29, 0.717) is 5.56 Å². The van der Waals surface area contributed by atoms with E-state index in [1.807, 2.05) is 0 Å². The van der Waals surface area contributed by atoms with Gasteiger partial charge in [-0.1, -0.05) is 6.07 Å². The van der Waals surface area contributed by atoms with Gasteiger partial charge in [0.2, 0.25) is 0 Å². The fourth-order valence-electron chi connectivity index (χ4n) is 0.808. The van der Waals surface area contributed by atoms with Crippen LogP contribution >= 0.6 is 23.2 Å². The number of pyridine rings is 1. The average Bonchev–Trinajstić information content (AvgIpc) is 2.03. The first kappa shape index (κ1) is 10.7. The van der Waals surface area contributed by atoms with Gasteiger partial charge in [0.1, 0.15) is 5.69 Å². The van der Waals surface area contributed by atoms with Gasteiger partial charge in [-0.25, -0.2) is 0 Å². The van der Waals surface area contributed by atoms with E-state index in [1.165, 1.54) is 18.3 Å². The predicted molar refractivity (Wildman–Crippen MR) is 48.3 cm³/mol. The maximum absolute atomic E-state index is 12.5. The third kappa shape index (κ3) is 2.78. The molecule has 1 nitrogen and oxygen atoms in total. The van der Waals surface area contributed by atoms with Gasteiger partial charge < -0.3 is 0 Å². The van der Waals surface area contributed by atoms with E-state index in [1.54, 1.807) is 6.92 Å². The second kappa shape index (κ2) is 3.76. The molecule has 0 saturated carbocycles. The summed E-state index contributed by atoms with van der Waals surface area (Å²) in [5, 5.41) is -3.65. The van der Waals surface area contributed by atoms with Gasteiger partial charge in [0.05, 0.1) is 5.38 Å². The lowest BCUT2D eigenvalue weighted by Gasteiger charge is -2.08. The number of hydrogen-bond donors (Lipinski definition) is 0. The van der Waals surface area contributed by atoms with Crippen LogP contribution in [0, 0.1) is 0 Å². The molecule has 1 rings (SSSR count). The van der Waals surface area contributed by atoms with Crippen molar-refractivity contribution in [2.24, 2.45) is 0 Å². The van der Waals surface area contributed by atoms with E-state index < -0.39 is 11.1 Å². The molecule has 0 fully saturated rings. The van der Waals surface area contributed by atoms with Gasteiger partial charge in [-0.15, -0.1) is 11.6 Å². The summed E-state index contributed by atoms with van der Waals surface area (Å²) in [6, 6.07) is 2.65. The highest BCUT2D eigenvalue weighted by atomic mass is 35.5. The summed E-state index contributed by atoms with van der Waals surface area (Å²) in [4.78, 5) is 3.50. The van der Waals surface area contributed by atoms with Crippen molar-refractivity contribution in [1.29, 1.82) is 0 Å². The lowest BCUT2D eigenvalue weighted by Crippen LogP contribution is -2.06. The Labute approximate surface area is 84.7 Å². The van der Waals surface area contributed by atoms with Crippen LogP contribution in [0.15, 0.2) is 18.3 Å². The minimum Gasteiger partial charge on any atom is -0.253 e. The Bertz CT molecular complexity index is 279. The molecule has 5 heteroatoms. The molecule has 0 saturated heterocycles. The molecule has 13 heavy (non-hydrogen) atoms. The highest BCUT2D eigenvalue weighted by Gasteiger charge is 2.29. The smallest absolute Gasteiger partial charge is 0.253 e. The van der Waals surface area contributed by atoms with Crippen molar-refractivity contribution in [3.05, 3.63) is 29.6 Å². The summed E-state index contributed by atoms with van der Waals surface area (Å²) < 4.78 is 24.9. The van der Waals surface area contributed by atoms with Crippen molar-refractivity contribution in [2.75, 3.05) is 0 Å². The van der Waals surface area contributed by atoms with Crippen LogP contribution in [0.1, 0.15) is 23.6 Å². The molecule has 1 aromatic heterocycles. The molecule has 72 valence electrons. The van der Waals surface area contributed by atoms with Gasteiger partial charge in [0.25, 0.3) is 0 Å². The Morgan fingerprint density at radius 1 is 1.46 bits per heavy atom. The molecule has 0 bridgehead atoms. The molecule has 1 heterocycles. The number of alkyl halides is 4. The van der Waals surface area contributed by atoms with Crippen molar-refractivity contribution in [3.8, 4) is 0 Å². The van der Waals surface area contributed by atoms with Crippen LogP contribution in [-0.2, 0) is 5.38 Å². The number of hydrogen-bond acceptors (Lipinski definition) is 1. The highest BCUT2D eigenvalue weighted by molar-refractivity contribution is 6.21. The van der Waals surface area contributed by atoms with Crippen LogP contribution in [0.3, 0.4) is 0 Å². The Balaban J connectivity index is 2.94. The molecule has 0 radical (unpaired) electrons. The zero-order valence-corrected chi connectivity index (χ0v) is 8.28. The summed E-state index contributed by atoms with van der Waals surface area (Å²) in [6.45, 7) is 1.73. The number of aromatic nitrogens is 1. The topological polar surface area (TPSA) is 12.9 Å². The minimum absolute atomic E-state index is 0.245. The van der Waals surface area contributed by atoms with Crippen molar-refractivity contribution < 1.29 is 8.78 Å². The van der Waals surface area contributed by atoms with E-state index in [-0.39, 0.29) is 5.38 Å². The third-order valence-corrected chi connectivity index (χ3v) is 1.98. The molecule has 0 aliphatic heterocycles.